The van der Waals surface area contributed by atoms with Crippen molar-refractivity contribution in [3.8, 4) is 11.1 Å². The lowest BCUT2D eigenvalue weighted by Crippen LogP contribution is -2.19. The van der Waals surface area contributed by atoms with Crippen LogP contribution in [0.15, 0.2) is 77.9 Å². The molecule has 0 spiro atoms. The van der Waals surface area contributed by atoms with Gasteiger partial charge in [-0.25, -0.2) is 0 Å². The average molecular weight is 301 g/mol. The number of aromatic nitrogens is 3. The number of pyridine rings is 1. The highest BCUT2D eigenvalue weighted by Crippen LogP contribution is 2.22. The largest absolute Gasteiger partial charge is 0.310 e. The van der Waals surface area contributed by atoms with E-state index in [1.54, 1.807) is 16.8 Å². The maximum atomic E-state index is 12.1. The fourth-order valence-electron chi connectivity index (χ4n) is 2.72. The van der Waals surface area contributed by atoms with Gasteiger partial charge in [-0.3, -0.25) is 9.89 Å². The third-order valence-electron chi connectivity index (χ3n) is 3.95. The Bertz CT molecular complexity index is 1020. The zero-order valence-electron chi connectivity index (χ0n) is 12.4. The van der Waals surface area contributed by atoms with E-state index in [2.05, 4.69) is 16.3 Å². The zero-order valence-corrected chi connectivity index (χ0v) is 12.4. The summed E-state index contributed by atoms with van der Waals surface area (Å²) in [5.74, 6) is 0. The molecule has 112 valence electrons. The topological polar surface area (TPSA) is 50.7 Å². The van der Waals surface area contributed by atoms with Crippen LogP contribution < -0.4 is 5.56 Å². The van der Waals surface area contributed by atoms with Gasteiger partial charge in [0, 0.05) is 17.6 Å². The van der Waals surface area contributed by atoms with Gasteiger partial charge < -0.3 is 4.57 Å². The first-order chi connectivity index (χ1) is 11.3. The molecule has 0 atom stereocenters. The minimum Gasteiger partial charge on any atom is -0.310 e. The number of fused-ring (bicyclic) bond motifs is 1. The lowest BCUT2D eigenvalue weighted by molar-refractivity contribution is 0.761. The van der Waals surface area contributed by atoms with Crippen molar-refractivity contribution in [2.75, 3.05) is 0 Å². The number of hydrogen-bond donors (Lipinski definition) is 1. The van der Waals surface area contributed by atoms with E-state index in [-0.39, 0.29) is 5.56 Å². The molecular formula is C19H15N3O. The van der Waals surface area contributed by atoms with E-state index in [0.717, 1.165) is 27.6 Å². The quantitative estimate of drug-likeness (QED) is 0.630. The highest BCUT2D eigenvalue weighted by Gasteiger charge is 2.04. The van der Waals surface area contributed by atoms with Crippen LogP contribution in [0.1, 0.15) is 5.56 Å². The molecule has 0 fully saturated rings. The summed E-state index contributed by atoms with van der Waals surface area (Å²) >= 11 is 0. The van der Waals surface area contributed by atoms with Crippen molar-refractivity contribution in [3.63, 3.8) is 0 Å². The van der Waals surface area contributed by atoms with Crippen LogP contribution in [0.4, 0.5) is 0 Å². The van der Waals surface area contributed by atoms with Gasteiger partial charge in [-0.1, -0.05) is 42.5 Å². The Balaban J connectivity index is 1.75. The van der Waals surface area contributed by atoms with E-state index in [4.69, 9.17) is 0 Å². The summed E-state index contributed by atoms with van der Waals surface area (Å²) in [6.07, 6.45) is 3.71. The molecule has 0 saturated heterocycles. The molecule has 0 bridgehead atoms. The standard InChI is InChI=1S/C19H15N3O/c23-19-9-8-17(13-22(19)12-14-4-2-1-3-5-14)15-6-7-16-11-20-21-18(16)10-15/h1-11,13H,12H2,(H,20,21). The molecule has 2 heterocycles. The lowest BCUT2D eigenvalue weighted by atomic mass is 10.1. The van der Waals surface area contributed by atoms with Gasteiger partial charge >= 0.3 is 0 Å². The molecule has 0 unspecified atom stereocenters. The minimum absolute atomic E-state index is 0.000205. The average Bonchev–Trinajstić information content (AvgIpc) is 3.05. The highest BCUT2D eigenvalue weighted by atomic mass is 16.1. The van der Waals surface area contributed by atoms with Gasteiger partial charge in [-0.15, -0.1) is 0 Å². The van der Waals surface area contributed by atoms with Gasteiger partial charge in [0.25, 0.3) is 5.56 Å². The summed E-state index contributed by atoms with van der Waals surface area (Å²) in [4.78, 5) is 12.1. The van der Waals surface area contributed by atoms with Gasteiger partial charge in [0.1, 0.15) is 0 Å². The number of aromatic amines is 1. The summed E-state index contributed by atoms with van der Waals surface area (Å²) < 4.78 is 1.74. The van der Waals surface area contributed by atoms with Crippen LogP contribution in [0.2, 0.25) is 0 Å². The van der Waals surface area contributed by atoms with Gasteiger partial charge in [0.15, 0.2) is 0 Å². The molecule has 0 aliphatic heterocycles. The van der Waals surface area contributed by atoms with E-state index in [1.165, 1.54) is 0 Å². The summed E-state index contributed by atoms with van der Waals surface area (Å²) in [5, 5.41) is 8.10. The number of nitrogens with one attached hydrogen (secondary N) is 1. The maximum absolute atomic E-state index is 12.1. The van der Waals surface area contributed by atoms with E-state index in [0.29, 0.717) is 6.54 Å². The van der Waals surface area contributed by atoms with Gasteiger partial charge in [-0.05, 0) is 28.8 Å². The molecule has 0 aliphatic rings. The van der Waals surface area contributed by atoms with Crippen LogP contribution >= 0.6 is 0 Å². The molecule has 1 N–H and O–H groups in total. The molecule has 4 aromatic rings. The number of benzene rings is 2. The Labute approximate surface area is 133 Å². The van der Waals surface area contributed by atoms with Crippen LogP contribution in [0.5, 0.6) is 0 Å². The second-order valence-corrected chi connectivity index (χ2v) is 5.54. The Morgan fingerprint density at radius 1 is 0.957 bits per heavy atom. The lowest BCUT2D eigenvalue weighted by Gasteiger charge is -2.09. The first-order valence-electron chi connectivity index (χ1n) is 7.47. The first-order valence-corrected chi connectivity index (χ1v) is 7.47. The fraction of sp³-hybridized carbons (Fsp3) is 0.0526. The minimum atomic E-state index is 0.000205. The summed E-state index contributed by atoms with van der Waals surface area (Å²) in [6, 6.07) is 19.6. The van der Waals surface area contributed by atoms with E-state index < -0.39 is 0 Å². The molecule has 4 rings (SSSR count). The van der Waals surface area contributed by atoms with E-state index in [9.17, 15) is 4.79 Å². The molecule has 2 aromatic carbocycles. The SMILES string of the molecule is O=c1ccc(-c2ccc3cn[nH]c3c2)cn1Cc1ccccc1. The molecular weight excluding hydrogens is 286 g/mol. The summed E-state index contributed by atoms with van der Waals surface area (Å²) in [5.41, 5.74) is 4.17. The number of rotatable bonds is 3. The second kappa shape index (κ2) is 5.57. The van der Waals surface area contributed by atoms with Crippen molar-refractivity contribution in [1.82, 2.24) is 14.8 Å². The van der Waals surface area contributed by atoms with Crippen molar-refractivity contribution in [1.29, 1.82) is 0 Å². The Morgan fingerprint density at radius 2 is 1.78 bits per heavy atom. The molecule has 0 radical (unpaired) electrons. The molecule has 0 aliphatic carbocycles. The van der Waals surface area contributed by atoms with Crippen molar-refractivity contribution in [2.24, 2.45) is 0 Å². The van der Waals surface area contributed by atoms with E-state index in [1.807, 2.05) is 54.7 Å². The van der Waals surface area contributed by atoms with Gasteiger partial charge in [0.2, 0.25) is 0 Å². The number of hydrogen-bond acceptors (Lipinski definition) is 2. The van der Waals surface area contributed by atoms with Crippen LogP contribution in [-0.2, 0) is 6.54 Å². The van der Waals surface area contributed by atoms with Crippen LogP contribution in [0.3, 0.4) is 0 Å². The van der Waals surface area contributed by atoms with Crippen LogP contribution in [0, 0.1) is 0 Å². The van der Waals surface area contributed by atoms with Crippen molar-refractivity contribution in [2.45, 2.75) is 6.54 Å². The van der Waals surface area contributed by atoms with Crippen LogP contribution in [-0.4, -0.2) is 14.8 Å². The Kier molecular flexibility index (Phi) is 3.27. The third kappa shape index (κ3) is 2.66. The van der Waals surface area contributed by atoms with E-state index >= 15 is 0 Å². The number of H-pyrrole nitrogens is 1. The predicted molar refractivity (Wildman–Crippen MR) is 91.3 cm³/mol. The summed E-state index contributed by atoms with van der Waals surface area (Å²) in [7, 11) is 0. The molecule has 4 heteroatoms. The smallest absolute Gasteiger partial charge is 0.250 e. The van der Waals surface area contributed by atoms with Crippen LogP contribution in [0.25, 0.3) is 22.0 Å². The van der Waals surface area contributed by atoms with Gasteiger partial charge in [-0.2, -0.15) is 5.10 Å². The molecule has 0 amide bonds. The monoisotopic (exact) mass is 301 g/mol. The molecule has 0 saturated carbocycles. The zero-order chi connectivity index (χ0) is 15.6. The molecule has 4 nitrogen and oxygen atoms in total. The van der Waals surface area contributed by atoms with Crippen molar-refractivity contribution in [3.05, 3.63) is 89.0 Å². The fourth-order valence-corrected chi connectivity index (χ4v) is 2.72. The molecule has 2 aromatic heterocycles. The molecule has 23 heavy (non-hydrogen) atoms. The maximum Gasteiger partial charge on any atom is 0.250 e. The van der Waals surface area contributed by atoms with Gasteiger partial charge in [0.05, 0.1) is 18.3 Å². The Morgan fingerprint density at radius 3 is 2.65 bits per heavy atom. The normalized spacial score (nSPS) is 11.0. The predicted octanol–water partition coefficient (Wildman–Crippen LogP) is 3.44. The number of nitrogens with zero attached hydrogens (tertiary/aromatic N) is 2. The Hall–Kier alpha value is -3.14. The van der Waals surface area contributed by atoms with Crippen molar-refractivity contribution >= 4 is 10.9 Å². The summed E-state index contributed by atoms with van der Waals surface area (Å²) in [6.45, 7) is 0.569. The third-order valence-corrected chi connectivity index (χ3v) is 3.95. The second-order valence-electron chi connectivity index (χ2n) is 5.54. The van der Waals surface area contributed by atoms with Crippen molar-refractivity contribution < 1.29 is 0 Å². The first kappa shape index (κ1) is 13.5. The highest BCUT2D eigenvalue weighted by molar-refractivity contribution is 5.83.